The first-order valence-corrected chi connectivity index (χ1v) is 8.59. The van der Waals surface area contributed by atoms with Crippen molar-refractivity contribution in [2.45, 2.75) is 65.1 Å². The van der Waals surface area contributed by atoms with Crippen LogP contribution in [0.25, 0.3) is 0 Å². The molecule has 5 heteroatoms. The molecule has 1 aliphatic rings. The fourth-order valence-electron chi connectivity index (χ4n) is 2.76. The molecule has 5 nitrogen and oxygen atoms in total. The normalized spacial score (nSPS) is 20.1. The SMILES string of the molecule is CCC(C)N(C(=O)c1ccnc(OC2CCOC2)c1)C(C)CC. The zero-order valence-corrected chi connectivity index (χ0v) is 14.6. The lowest BCUT2D eigenvalue weighted by atomic mass is 10.1. The molecule has 1 saturated heterocycles. The first-order chi connectivity index (χ1) is 11.1. The molecule has 3 atom stereocenters. The smallest absolute Gasteiger partial charge is 0.254 e. The van der Waals surface area contributed by atoms with Gasteiger partial charge in [0, 0.05) is 36.3 Å². The Morgan fingerprint density at radius 2 is 2.09 bits per heavy atom. The van der Waals surface area contributed by atoms with Crippen LogP contribution in [-0.2, 0) is 4.74 Å². The molecule has 1 aliphatic heterocycles. The first-order valence-electron chi connectivity index (χ1n) is 8.59. The second kappa shape index (κ2) is 8.29. The van der Waals surface area contributed by atoms with Crippen molar-refractivity contribution in [3.8, 4) is 5.88 Å². The molecule has 0 saturated carbocycles. The quantitative estimate of drug-likeness (QED) is 0.773. The summed E-state index contributed by atoms with van der Waals surface area (Å²) >= 11 is 0. The van der Waals surface area contributed by atoms with Crippen molar-refractivity contribution >= 4 is 5.91 Å². The zero-order valence-electron chi connectivity index (χ0n) is 14.6. The summed E-state index contributed by atoms with van der Waals surface area (Å²) in [5, 5.41) is 0. The monoisotopic (exact) mass is 320 g/mol. The van der Waals surface area contributed by atoms with Crippen molar-refractivity contribution in [3.05, 3.63) is 23.9 Å². The van der Waals surface area contributed by atoms with Crippen LogP contribution in [0.1, 0.15) is 57.3 Å². The standard InChI is InChI=1S/C18H28N2O3/c1-5-13(3)20(14(4)6-2)18(21)15-7-9-19-17(11-15)23-16-8-10-22-12-16/h7,9,11,13-14,16H,5-6,8,10,12H2,1-4H3. The van der Waals surface area contributed by atoms with Crippen molar-refractivity contribution in [1.29, 1.82) is 0 Å². The molecule has 128 valence electrons. The lowest BCUT2D eigenvalue weighted by Gasteiger charge is -2.34. The Kier molecular flexibility index (Phi) is 6.39. The van der Waals surface area contributed by atoms with Crippen LogP contribution >= 0.6 is 0 Å². The highest BCUT2D eigenvalue weighted by molar-refractivity contribution is 5.94. The molecule has 1 fully saturated rings. The Balaban J connectivity index is 2.16. The molecule has 0 bridgehead atoms. The minimum absolute atomic E-state index is 0.0353. The number of pyridine rings is 1. The number of carbonyl (C=O) groups is 1. The van der Waals surface area contributed by atoms with Gasteiger partial charge >= 0.3 is 0 Å². The highest BCUT2D eigenvalue weighted by atomic mass is 16.5. The molecular weight excluding hydrogens is 292 g/mol. The minimum Gasteiger partial charge on any atom is -0.472 e. The third-order valence-electron chi connectivity index (χ3n) is 4.52. The van der Waals surface area contributed by atoms with Crippen LogP contribution < -0.4 is 4.74 Å². The van der Waals surface area contributed by atoms with E-state index in [2.05, 4.69) is 32.7 Å². The summed E-state index contributed by atoms with van der Waals surface area (Å²) in [6.07, 6.45) is 4.41. The van der Waals surface area contributed by atoms with E-state index in [4.69, 9.17) is 9.47 Å². The maximum Gasteiger partial charge on any atom is 0.254 e. The summed E-state index contributed by atoms with van der Waals surface area (Å²) < 4.78 is 11.1. The van der Waals surface area contributed by atoms with Gasteiger partial charge in [0.25, 0.3) is 5.91 Å². The van der Waals surface area contributed by atoms with Gasteiger partial charge in [-0.25, -0.2) is 4.98 Å². The van der Waals surface area contributed by atoms with Gasteiger partial charge in [0.05, 0.1) is 13.2 Å². The van der Waals surface area contributed by atoms with Gasteiger partial charge in [-0.1, -0.05) is 13.8 Å². The summed E-state index contributed by atoms with van der Waals surface area (Å²) in [6.45, 7) is 9.71. The van der Waals surface area contributed by atoms with E-state index in [1.165, 1.54) is 0 Å². The van der Waals surface area contributed by atoms with E-state index in [9.17, 15) is 4.79 Å². The highest BCUT2D eigenvalue weighted by Crippen LogP contribution is 2.20. The van der Waals surface area contributed by atoms with Crippen molar-refractivity contribution in [2.24, 2.45) is 0 Å². The summed E-state index contributed by atoms with van der Waals surface area (Å²) in [5.74, 6) is 0.545. The Bertz CT molecular complexity index is 505. The van der Waals surface area contributed by atoms with E-state index in [-0.39, 0.29) is 24.1 Å². The fourth-order valence-corrected chi connectivity index (χ4v) is 2.76. The summed E-state index contributed by atoms with van der Waals surface area (Å²) in [5.41, 5.74) is 0.634. The van der Waals surface area contributed by atoms with Gasteiger partial charge in [-0.15, -0.1) is 0 Å². The van der Waals surface area contributed by atoms with Crippen LogP contribution in [0.4, 0.5) is 0 Å². The first kappa shape index (κ1) is 17.7. The average molecular weight is 320 g/mol. The van der Waals surface area contributed by atoms with Crippen LogP contribution in [0.3, 0.4) is 0 Å². The number of carbonyl (C=O) groups excluding carboxylic acids is 1. The molecule has 0 radical (unpaired) electrons. The second-order valence-corrected chi connectivity index (χ2v) is 6.21. The lowest BCUT2D eigenvalue weighted by Crippen LogP contribution is -2.44. The van der Waals surface area contributed by atoms with E-state index < -0.39 is 0 Å². The predicted octanol–water partition coefficient (Wildman–Crippen LogP) is 3.29. The lowest BCUT2D eigenvalue weighted by molar-refractivity contribution is 0.0597. The molecule has 2 rings (SSSR count). The molecule has 0 aliphatic carbocycles. The predicted molar refractivity (Wildman–Crippen MR) is 89.8 cm³/mol. The van der Waals surface area contributed by atoms with Crippen LogP contribution in [0.5, 0.6) is 5.88 Å². The van der Waals surface area contributed by atoms with Gasteiger partial charge in [-0.2, -0.15) is 0 Å². The Hall–Kier alpha value is -1.62. The number of aromatic nitrogens is 1. The van der Waals surface area contributed by atoms with E-state index in [0.29, 0.717) is 18.1 Å². The number of hydrogen-bond acceptors (Lipinski definition) is 4. The molecule has 1 aromatic rings. The third-order valence-corrected chi connectivity index (χ3v) is 4.52. The van der Waals surface area contributed by atoms with Gasteiger partial charge in [0.15, 0.2) is 0 Å². The summed E-state index contributed by atoms with van der Waals surface area (Å²) in [4.78, 5) is 19.1. The van der Waals surface area contributed by atoms with Gasteiger partial charge in [-0.3, -0.25) is 4.79 Å². The van der Waals surface area contributed by atoms with Gasteiger partial charge in [0.1, 0.15) is 6.10 Å². The number of amides is 1. The number of rotatable bonds is 7. The molecule has 0 N–H and O–H groups in total. The molecule has 23 heavy (non-hydrogen) atoms. The van der Waals surface area contributed by atoms with E-state index in [0.717, 1.165) is 25.9 Å². The van der Waals surface area contributed by atoms with Crippen molar-refractivity contribution in [1.82, 2.24) is 9.88 Å². The summed E-state index contributed by atoms with van der Waals surface area (Å²) in [7, 11) is 0. The van der Waals surface area contributed by atoms with Crippen molar-refractivity contribution in [2.75, 3.05) is 13.2 Å². The largest absolute Gasteiger partial charge is 0.472 e. The molecule has 0 spiro atoms. The van der Waals surface area contributed by atoms with Crippen molar-refractivity contribution in [3.63, 3.8) is 0 Å². The highest BCUT2D eigenvalue weighted by Gasteiger charge is 2.25. The maximum absolute atomic E-state index is 13.0. The van der Waals surface area contributed by atoms with Gasteiger partial charge in [0.2, 0.25) is 5.88 Å². The number of nitrogens with zero attached hydrogens (tertiary/aromatic N) is 2. The average Bonchev–Trinajstić information content (AvgIpc) is 3.07. The van der Waals surface area contributed by atoms with E-state index >= 15 is 0 Å². The Morgan fingerprint density at radius 1 is 1.39 bits per heavy atom. The zero-order chi connectivity index (χ0) is 16.8. The Labute approximate surface area is 139 Å². The topological polar surface area (TPSA) is 51.7 Å². The van der Waals surface area contributed by atoms with Crippen molar-refractivity contribution < 1.29 is 14.3 Å². The van der Waals surface area contributed by atoms with Crippen LogP contribution in [0, 0.1) is 0 Å². The molecule has 1 amide bonds. The second-order valence-electron chi connectivity index (χ2n) is 6.21. The molecule has 3 unspecified atom stereocenters. The van der Waals surface area contributed by atoms with Gasteiger partial charge in [-0.05, 0) is 32.8 Å². The number of ether oxygens (including phenoxy) is 2. The molecular formula is C18H28N2O3. The Morgan fingerprint density at radius 3 is 2.65 bits per heavy atom. The molecule has 2 heterocycles. The number of hydrogen-bond donors (Lipinski definition) is 0. The minimum atomic E-state index is 0.0353. The van der Waals surface area contributed by atoms with Crippen LogP contribution in [0.2, 0.25) is 0 Å². The van der Waals surface area contributed by atoms with Gasteiger partial charge < -0.3 is 14.4 Å². The summed E-state index contributed by atoms with van der Waals surface area (Å²) in [6, 6.07) is 3.92. The molecule has 1 aromatic heterocycles. The van der Waals surface area contributed by atoms with E-state index in [1.807, 2.05) is 4.90 Å². The van der Waals surface area contributed by atoms with E-state index in [1.54, 1.807) is 18.3 Å². The van der Waals surface area contributed by atoms with Crippen LogP contribution in [-0.4, -0.2) is 47.2 Å². The maximum atomic E-state index is 13.0. The molecule has 0 aromatic carbocycles. The van der Waals surface area contributed by atoms with Crippen LogP contribution in [0.15, 0.2) is 18.3 Å². The fraction of sp³-hybridized carbons (Fsp3) is 0.667. The third kappa shape index (κ3) is 4.44.